The van der Waals surface area contributed by atoms with Crippen molar-refractivity contribution in [2.24, 2.45) is 0 Å². The molecule has 0 radical (unpaired) electrons. The van der Waals surface area contributed by atoms with E-state index in [1.165, 1.54) is 42.8 Å². The van der Waals surface area contributed by atoms with Gasteiger partial charge in [0.2, 0.25) is 0 Å². The lowest BCUT2D eigenvalue weighted by molar-refractivity contribution is 0.220. The summed E-state index contributed by atoms with van der Waals surface area (Å²) < 4.78 is 0. The number of rotatable bonds is 5. The van der Waals surface area contributed by atoms with Crippen LogP contribution in [0.5, 0.6) is 0 Å². The topological polar surface area (TPSA) is 86.4 Å². The van der Waals surface area contributed by atoms with E-state index >= 15 is 0 Å². The molecule has 0 atom stereocenters. The second-order valence-corrected chi connectivity index (χ2v) is 11.1. The molecule has 7 nitrogen and oxygen atoms in total. The van der Waals surface area contributed by atoms with E-state index in [0.29, 0.717) is 0 Å². The van der Waals surface area contributed by atoms with Gasteiger partial charge in [0, 0.05) is 41.0 Å². The van der Waals surface area contributed by atoms with E-state index in [0.717, 1.165) is 61.7 Å². The maximum atomic E-state index is 4.96. The van der Waals surface area contributed by atoms with Crippen molar-refractivity contribution in [1.82, 2.24) is 35.0 Å². The van der Waals surface area contributed by atoms with Gasteiger partial charge >= 0.3 is 0 Å². The van der Waals surface area contributed by atoms with Gasteiger partial charge in [-0.3, -0.25) is 20.0 Å². The first-order chi connectivity index (χ1) is 18.2. The second-order valence-electron chi connectivity index (χ2n) is 9.80. The number of pyridine rings is 2. The first-order valence-corrected chi connectivity index (χ1v) is 13.6. The second kappa shape index (κ2) is 9.21. The predicted molar refractivity (Wildman–Crippen MR) is 149 cm³/mol. The molecule has 8 heteroatoms. The number of benzene rings is 1. The van der Waals surface area contributed by atoms with Crippen LogP contribution in [0.15, 0.2) is 61.1 Å². The minimum atomic E-state index is 0.734. The third kappa shape index (κ3) is 4.22. The Labute approximate surface area is 218 Å². The summed E-state index contributed by atoms with van der Waals surface area (Å²) in [6.45, 7) is 5.42. The molecule has 0 aliphatic carbocycles. The number of aryl methyl sites for hydroxylation is 1. The number of fused-ring (bicyclic) bond motifs is 2. The average molecular weight is 506 g/mol. The third-order valence-corrected chi connectivity index (χ3v) is 8.15. The molecule has 1 aromatic carbocycles. The highest BCUT2D eigenvalue weighted by Crippen LogP contribution is 2.34. The lowest BCUT2D eigenvalue weighted by Crippen LogP contribution is -2.29. The van der Waals surface area contributed by atoms with Gasteiger partial charge in [0.05, 0.1) is 15.9 Å². The molecular formula is C29H27N7S. The first-order valence-electron chi connectivity index (χ1n) is 12.8. The fraction of sp³-hybridized carbons (Fsp3) is 0.241. The number of aromatic amines is 2. The van der Waals surface area contributed by atoms with Crippen molar-refractivity contribution in [2.45, 2.75) is 32.7 Å². The summed E-state index contributed by atoms with van der Waals surface area (Å²) in [4.78, 5) is 22.5. The third-order valence-electron chi connectivity index (χ3n) is 7.14. The van der Waals surface area contributed by atoms with Crippen LogP contribution in [0.25, 0.3) is 55.2 Å². The van der Waals surface area contributed by atoms with Gasteiger partial charge in [0.1, 0.15) is 16.9 Å². The molecule has 0 saturated carbocycles. The molecule has 184 valence electrons. The van der Waals surface area contributed by atoms with E-state index < -0.39 is 0 Å². The number of likely N-dealkylation sites (tertiary alicyclic amines) is 1. The Morgan fingerprint density at radius 1 is 0.919 bits per heavy atom. The van der Waals surface area contributed by atoms with Gasteiger partial charge < -0.3 is 4.98 Å². The Kier molecular flexibility index (Phi) is 5.56. The Bertz CT molecular complexity index is 1720. The highest BCUT2D eigenvalue weighted by Gasteiger charge is 2.17. The van der Waals surface area contributed by atoms with Crippen LogP contribution in [-0.2, 0) is 6.54 Å². The lowest BCUT2D eigenvalue weighted by atomic mass is 10.0. The van der Waals surface area contributed by atoms with Crippen LogP contribution in [0.2, 0.25) is 0 Å². The van der Waals surface area contributed by atoms with Crippen molar-refractivity contribution in [3.8, 4) is 33.2 Å². The molecule has 0 spiro atoms. The fourth-order valence-electron chi connectivity index (χ4n) is 5.27. The minimum Gasteiger partial charge on any atom is -0.336 e. The van der Waals surface area contributed by atoms with Gasteiger partial charge in [0.25, 0.3) is 0 Å². The molecule has 1 saturated heterocycles. The van der Waals surface area contributed by atoms with E-state index in [1.807, 2.05) is 24.7 Å². The Morgan fingerprint density at radius 3 is 2.70 bits per heavy atom. The number of hydrogen-bond acceptors (Lipinski definition) is 6. The zero-order valence-corrected chi connectivity index (χ0v) is 21.5. The van der Waals surface area contributed by atoms with Gasteiger partial charge in [0.15, 0.2) is 5.82 Å². The van der Waals surface area contributed by atoms with Gasteiger partial charge in [-0.05, 0) is 80.4 Å². The molecule has 6 aromatic rings. The molecule has 2 N–H and O–H groups in total. The zero-order valence-electron chi connectivity index (χ0n) is 20.7. The number of aromatic nitrogens is 6. The van der Waals surface area contributed by atoms with Gasteiger partial charge in [-0.15, -0.1) is 11.3 Å². The lowest BCUT2D eigenvalue weighted by Gasteiger charge is -2.26. The summed E-state index contributed by atoms with van der Waals surface area (Å²) in [7, 11) is 0. The SMILES string of the molecule is Cc1ccc(-c2nccc3[nH]c(-c4n[nH]c5ccc(-c6cncc(CN7CCCCC7)c6)cc45)nc23)s1. The number of nitrogens with one attached hydrogen (secondary N) is 2. The van der Waals surface area contributed by atoms with E-state index in [9.17, 15) is 0 Å². The normalized spacial score (nSPS) is 14.6. The van der Waals surface area contributed by atoms with E-state index in [1.54, 1.807) is 11.3 Å². The minimum absolute atomic E-state index is 0.734. The van der Waals surface area contributed by atoms with Crippen LogP contribution in [0.3, 0.4) is 0 Å². The highest BCUT2D eigenvalue weighted by atomic mass is 32.1. The van der Waals surface area contributed by atoms with Crippen LogP contribution in [0.4, 0.5) is 0 Å². The van der Waals surface area contributed by atoms with E-state index in [-0.39, 0.29) is 0 Å². The fourth-order valence-corrected chi connectivity index (χ4v) is 6.14. The Balaban J connectivity index is 1.26. The zero-order chi connectivity index (χ0) is 24.8. The van der Waals surface area contributed by atoms with Crippen molar-refractivity contribution < 1.29 is 0 Å². The summed E-state index contributed by atoms with van der Waals surface area (Å²) >= 11 is 1.73. The summed E-state index contributed by atoms with van der Waals surface area (Å²) in [6, 6.07) is 14.9. The number of thiophene rings is 1. The van der Waals surface area contributed by atoms with Crippen LogP contribution >= 0.6 is 11.3 Å². The predicted octanol–water partition coefficient (Wildman–Crippen LogP) is 6.59. The van der Waals surface area contributed by atoms with Gasteiger partial charge in [-0.1, -0.05) is 12.5 Å². The van der Waals surface area contributed by atoms with E-state index in [4.69, 9.17) is 4.98 Å². The Morgan fingerprint density at radius 2 is 1.84 bits per heavy atom. The number of hydrogen-bond donors (Lipinski definition) is 2. The monoisotopic (exact) mass is 505 g/mol. The summed E-state index contributed by atoms with van der Waals surface area (Å²) in [6.07, 6.45) is 9.70. The molecule has 7 rings (SSSR count). The van der Waals surface area contributed by atoms with Crippen LogP contribution in [0.1, 0.15) is 29.7 Å². The number of imidazole rings is 1. The van der Waals surface area contributed by atoms with Crippen LogP contribution < -0.4 is 0 Å². The molecule has 37 heavy (non-hydrogen) atoms. The van der Waals surface area contributed by atoms with Crippen molar-refractivity contribution in [2.75, 3.05) is 13.1 Å². The van der Waals surface area contributed by atoms with Crippen molar-refractivity contribution in [1.29, 1.82) is 0 Å². The molecule has 6 heterocycles. The molecule has 0 unspecified atom stereocenters. The largest absolute Gasteiger partial charge is 0.336 e. The first kappa shape index (κ1) is 22.3. The summed E-state index contributed by atoms with van der Waals surface area (Å²) in [5, 5.41) is 8.84. The number of piperidine rings is 1. The average Bonchev–Trinajstić information content (AvgIpc) is 3.66. The van der Waals surface area contributed by atoms with Gasteiger partial charge in [-0.25, -0.2) is 4.98 Å². The summed E-state index contributed by atoms with van der Waals surface area (Å²) in [5.41, 5.74) is 7.99. The van der Waals surface area contributed by atoms with Crippen molar-refractivity contribution in [3.63, 3.8) is 0 Å². The summed E-state index contributed by atoms with van der Waals surface area (Å²) in [5.74, 6) is 0.734. The van der Waals surface area contributed by atoms with E-state index in [2.05, 4.69) is 73.4 Å². The number of nitrogens with zero attached hydrogens (tertiary/aromatic N) is 5. The molecule has 1 aliphatic rings. The number of H-pyrrole nitrogens is 2. The van der Waals surface area contributed by atoms with Gasteiger partial charge in [-0.2, -0.15) is 5.10 Å². The molecule has 0 bridgehead atoms. The standard InChI is InChI=1S/C29H27N7S/c1-18-5-8-25(37-18)28-27-24(9-10-31-28)32-29(33-27)26-22-14-20(6-7-23(22)34-35-26)21-13-19(15-30-16-21)17-36-11-3-2-4-12-36/h5-10,13-16H,2-4,11-12,17H2,1H3,(H,32,33)(H,34,35). The Hall–Kier alpha value is -3.88. The van der Waals surface area contributed by atoms with Crippen LogP contribution in [0, 0.1) is 6.92 Å². The van der Waals surface area contributed by atoms with Crippen molar-refractivity contribution in [3.05, 3.63) is 71.5 Å². The quantitative estimate of drug-likeness (QED) is 0.276. The molecule has 1 aliphatic heterocycles. The van der Waals surface area contributed by atoms with Crippen molar-refractivity contribution >= 4 is 33.3 Å². The molecule has 1 fully saturated rings. The maximum absolute atomic E-state index is 4.96. The molecule has 0 amide bonds. The smallest absolute Gasteiger partial charge is 0.159 e. The van der Waals surface area contributed by atoms with Crippen LogP contribution in [-0.4, -0.2) is 48.1 Å². The molecule has 5 aromatic heterocycles. The maximum Gasteiger partial charge on any atom is 0.159 e. The molecular weight excluding hydrogens is 478 g/mol. The highest BCUT2D eigenvalue weighted by molar-refractivity contribution is 7.15.